The van der Waals surface area contributed by atoms with Gasteiger partial charge in [-0.05, 0) is 25.0 Å². The Balaban J connectivity index is 2.83. The van der Waals surface area contributed by atoms with E-state index in [1.165, 1.54) is 12.1 Å². The fraction of sp³-hybridized carbons (Fsp3) is 0.462. The molecule has 0 aromatic heterocycles. The van der Waals surface area contributed by atoms with Crippen molar-refractivity contribution in [1.82, 2.24) is 0 Å². The van der Waals surface area contributed by atoms with Crippen molar-refractivity contribution in [1.29, 1.82) is 0 Å². The van der Waals surface area contributed by atoms with Crippen LogP contribution >= 0.6 is 23.2 Å². The zero-order valence-corrected chi connectivity index (χ0v) is 13.9. The van der Waals surface area contributed by atoms with Crippen LogP contribution in [0.1, 0.15) is 20.8 Å². The summed E-state index contributed by atoms with van der Waals surface area (Å²) in [4.78, 5) is 12.1. The first-order valence-electron chi connectivity index (χ1n) is 6.15. The van der Waals surface area contributed by atoms with E-state index < -0.39 is 16.0 Å². The Morgan fingerprint density at radius 3 is 2.25 bits per heavy atom. The van der Waals surface area contributed by atoms with Gasteiger partial charge in [0.15, 0.2) is 0 Å². The summed E-state index contributed by atoms with van der Waals surface area (Å²) in [5, 5.41) is 2.48. The third kappa shape index (κ3) is 4.65. The van der Waals surface area contributed by atoms with Gasteiger partial charge in [-0.2, -0.15) is 0 Å². The maximum absolute atomic E-state index is 12.1. The molecular weight excluding hydrogens is 319 g/mol. The molecule has 0 aliphatic rings. The van der Waals surface area contributed by atoms with Crippen molar-refractivity contribution in [3.8, 4) is 0 Å². The summed E-state index contributed by atoms with van der Waals surface area (Å²) in [5.74, 6) is 0.352. The second kappa shape index (κ2) is 7.29. The van der Waals surface area contributed by atoms with E-state index in [1.807, 2.05) is 13.8 Å². The lowest BCUT2D eigenvalue weighted by Gasteiger charge is -2.15. The SMILES string of the molecule is CC(C)CS(=O)C(C)C(=O)Nc1c(Cl)cc(N)cc1Cl. The number of nitrogens with two attached hydrogens (primary N) is 1. The molecule has 7 heteroatoms. The molecule has 1 amide bonds. The van der Waals surface area contributed by atoms with Gasteiger partial charge in [-0.25, -0.2) is 0 Å². The highest BCUT2D eigenvalue weighted by Crippen LogP contribution is 2.33. The third-order valence-corrected chi connectivity index (χ3v) is 5.17. The molecule has 1 aromatic carbocycles. The van der Waals surface area contributed by atoms with Crippen molar-refractivity contribution >= 4 is 51.3 Å². The summed E-state index contributed by atoms with van der Waals surface area (Å²) >= 11 is 12.0. The smallest absolute Gasteiger partial charge is 0.239 e. The molecule has 0 saturated heterocycles. The number of benzene rings is 1. The number of carbonyl (C=O) groups is 1. The molecule has 0 spiro atoms. The number of rotatable bonds is 5. The number of amides is 1. The molecule has 0 fully saturated rings. The van der Waals surface area contributed by atoms with Crippen LogP contribution in [0.4, 0.5) is 11.4 Å². The van der Waals surface area contributed by atoms with E-state index in [-0.39, 0.29) is 21.9 Å². The predicted octanol–water partition coefficient (Wildman–Crippen LogP) is 3.31. The summed E-state index contributed by atoms with van der Waals surface area (Å²) in [5.41, 5.74) is 6.30. The van der Waals surface area contributed by atoms with Gasteiger partial charge in [0, 0.05) is 22.2 Å². The van der Waals surface area contributed by atoms with Crippen LogP contribution in [0.5, 0.6) is 0 Å². The van der Waals surface area contributed by atoms with Gasteiger partial charge in [-0.15, -0.1) is 0 Å². The van der Waals surface area contributed by atoms with E-state index >= 15 is 0 Å². The molecular formula is C13H18Cl2N2O2S. The molecule has 112 valence electrons. The van der Waals surface area contributed by atoms with Gasteiger partial charge in [0.2, 0.25) is 5.91 Å². The third-order valence-electron chi connectivity index (χ3n) is 2.57. The highest BCUT2D eigenvalue weighted by Gasteiger charge is 2.22. The van der Waals surface area contributed by atoms with E-state index in [2.05, 4.69) is 5.32 Å². The molecule has 0 heterocycles. The zero-order chi connectivity index (χ0) is 15.4. The molecule has 0 bridgehead atoms. The van der Waals surface area contributed by atoms with Crippen LogP contribution in [0, 0.1) is 5.92 Å². The monoisotopic (exact) mass is 336 g/mol. The van der Waals surface area contributed by atoms with Gasteiger partial charge in [-0.3, -0.25) is 9.00 Å². The summed E-state index contributed by atoms with van der Waals surface area (Å²) in [6.07, 6.45) is 0. The molecule has 0 saturated carbocycles. The number of hydrogen-bond acceptors (Lipinski definition) is 3. The molecule has 1 aromatic rings. The van der Waals surface area contributed by atoms with Crippen LogP contribution in [0.2, 0.25) is 10.0 Å². The quantitative estimate of drug-likeness (QED) is 0.810. The lowest BCUT2D eigenvalue weighted by atomic mass is 10.2. The minimum atomic E-state index is -1.24. The van der Waals surface area contributed by atoms with Crippen molar-refractivity contribution < 1.29 is 9.00 Å². The second-order valence-electron chi connectivity index (χ2n) is 4.93. The highest BCUT2D eigenvalue weighted by atomic mass is 35.5. The van der Waals surface area contributed by atoms with Crippen molar-refractivity contribution in [3.63, 3.8) is 0 Å². The molecule has 2 atom stereocenters. The molecule has 2 unspecified atom stereocenters. The van der Waals surface area contributed by atoms with Crippen molar-refractivity contribution in [2.75, 3.05) is 16.8 Å². The Morgan fingerprint density at radius 2 is 1.80 bits per heavy atom. The normalized spacial score (nSPS) is 14.1. The highest BCUT2D eigenvalue weighted by molar-refractivity contribution is 7.86. The zero-order valence-electron chi connectivity index (χ0n) is 11.6. The Morgan fingerprint density at radius 1 is 1.30 bits per heavy atom. The topological polar surface area (TPSA) is 72.2 Å². The van der Waals surface area contributed by atoms with E-state index in [9.17, 15) is 9.00 Å². The predicted molar refractivity (Wildman–Crippen MR) is 86.8 cm³/mol. The van der Waals surface area contributed by atoms with E-state index in [1.54, 1.807) is 6.92 Å². The standard InChI is InChI=1S/C13H18Cl2N2O2S/c1-7(2)6-20(19)8(3)13(18)17-12-10(14)4-9(16)5-11(12)15/h4-5,7-8H,6,16H2,1-3H3,(H,17,18). The minimum Gasteiger partial charge on any atom is -0.399 e. The molecule has 0 radical (unpaired) electrons. The Hall–Kier alpha value is -0.780. The van der Waals surface area contributed by atoms with Crippen molar-refractivity contribution in [2.45, 2.75) is 26.0 Å². The number of nitrogen functional groups attached to an aromatic ring is 1. The van der Waals surface area contributed by atoms with Crippen molar-refractivity contribution in [2.24, 2.45) is 5.92 Å². The fourth-order valence-electron chi connectivity index (χ4n) is 1.53. The maximum Gasteiger partial charge on any atom is 0.239 e. The summed E-state index contributed by atoms with van der Waals surface area (Å²) in [7, 11) is -1.24. The summed E-state index contributed by atoms with van der Waals surface area (Å²) < 4.78 is 12.0. The van der Waals surface area contributed by atoms with E-state index in [0.717, 1.165) is 0 Å². The van der Waals surface area contributed by atoms with Crippen molar-refractivity contribution in [3.05, 3.63) is 22.2 Å². The maximum atomic E-state index is 12.1. The Bertz CT molecular complexity index is 512. The molecule has 4 nitrogen and oxygen atoms in total. The number of anilines is 2. The lowest BCUT2D eigenvalue weighted by Crippen LogP contribution is -2.31. The van der Waals surface area contributed by atoms with E-state index in [4.69, 9.17) is 28.9 Å². The van der Waals surface area contributed by atoms with Gasteiger partial charge in [-0.1, -0.05) is 37.0 Å². The second-order valence-corrected chi connectivity index (χ2v) is 7.55. The first-order chi connectivity index (χ1) is 9.22. The van der Waals surface area contributed by atoms with Gasteiger partial charge >= 0.3 is 0 Å². The average Bonchev–Trinajstić information content (AvgIpc) is 2.31. The molecule has 20 heavy (non-hydrogen) atoms. The lowest BCUT2D eigenvalue weighted by molar-refractivity contribution is -0.115. The summed E-state index contributed by atoms with van der Waals surface area (Å²) in [6, 6.07) is 3.00. The Labute approximate surface area is 131 Å². The average molecular weight is 337 g/mol. The van der Waals surface area contributed by atoms with Gasteiger partial charge in [0.1, 0.15) is 5.25 Å². The first kappa shape index (κ1) is 17.3. The summed E-state index contributed by atoms with van der Waals surface area (Å²) in [6.45, 7) is 5.53. The molecule has 3 N–H and O–H groups in total. The van der Waals surface area contributed by atoms with Crippen LogP contribution in [-0.4, -0.2) is 21.1 Å². The van der Waals surface area contributed by atoms with Crippen LogP contribution in [0.3, 0.4) is 0 Å². The largest absolute Gasteiger partial charge is 0.399 e. The van der Waals surface area contributed by atoms with Crippen LogP contribution in [0.25, 0.3) is 0 Å². The van der Waals surface area contributed by atoms with Gasteiger partial charge in [0.05, 0.1) is 15.7 Å². The van der Waals surface area contributed by atoms with Gasteiger partial charge < -0.3 is 11.1 Å². The van der Waals surface area contributed by atoms with Crippen LogP contribution in [0.15, 0.2) is 12.1 Å². The first-order valence-corrected chi connectivity index (χ1v) is 8.28. The van der Waals surface area contributed by atoms with E-state index in [0.29, 0.717) is 17.1 Å². The molecule has 0 aliphatic carbocycles. The molecule has 1 rings (SSSR count). The fourth-order valence-corrected chi connectivity index (χ4v) is 3.37. The van der Waals surface area contributed by atoms with Crippen LogP contribution in [-0.2, 0) is 15.6 Å². The number of carbonyl (C=O) groups excluding carboxylic acids is 1. The number of hydrogen-bond donors (Lipinski definition) is 2. The number of nitrogens with one attached hydrogen (secondary N) is 1. The van der Waals surface area contributed by atoms with Crippen LogP contribution < -0.4 is 11.1 Å². The number of halogens is 2. The Kier molecular flexibility index (Phi) is 6.30. The van der Waals surface area contributed by atoms with Gasteiger partial charge in [0.25, 0.3) is 0 Å². The molecule has 0 aliphatic heterocycles. The minimum absolute atomic E-state index is 0.255.